The topological polar surface area (TPSA) is 88.8 Å². The molecule has 2 amide bonds. The monoisotopic (exact) mass is 413 g/mol. The Morgan fingerprint density at radius 2 is 1.93 bits per heavy atom. The molecule has 0 aliphatic carbocycles. The van der Waals surface area contributed by atoms with Gasteiger partial charge in [-0.15, -0.1) is 0 Å². The number of aromatic nitrogens is 1. The molecule has 0 radical (unpaired) electrons. The van der Waals surface area contributed by atoms with E-state index in [0.717, 1.165) is 29.7 Å². The van der Waals surface area contributed by atoms with Gasteiger partial charge in [0, 0.05) is 19.6 Å². The minimum Gasteiger partial charge on any atom is -0.342 e. The molecule has 0 saturated carbocycles. The van der Waals surface area contributed by atoms with Crippen molar-refractivity contribution >= 4 is 43.2 Å². The third-order valence-electron chi connectivity index (χ3n) is 4.33. The van der Waals surface area contributed by atoms with Crippen LogP contribution in [0.3, 0.4) is 0 Å². The molecule has 1 aliphatic rings. The molecule has 1 saturated heterocycles. The van der Waals surface area contributed by atoms with Gasteiger partial charge in [-0.25, -0.2) is 12.8 Å². The van der Waals surface area contributed by atoms with E-state index >= 15 is 0 Å². The minimum absolute atomic E-state index is 0.309. The van der Waals surface area contributed by atoms with Gasteiger partial charge in [-0.05, 0) is 38.0 Å². The van der Waals surface area contributed by atoms with E-state index < -0.39 is 39.0 Å². The Morgan fingerprint density at radius 3 is 2.59 bits per heavy atom. The van der Waals surface area contributed by atoms with Gasteiger partial charge in [0.15, 0.2) is 14.6 Å². The summed E-state index contributed by atoms with van der Waals surface area (Å²) in [7, 11) is -3.89. The van der Waals surface area contributed by atoms with E-state index in [2.05, 4.69) is 4.99 Å². The van der Waals surface area contributed by atoms with Gasteiger partial charge in [0.2, 0.25) is 5.91 Å². The Hall–Kier alpha value is -2.07. The molecule has 2 aromatic rings. The maximum Gasteiger partial charge on any atom is 0.263 e. The number of benzene rings is 1. The molecule has 0 spiro atoms. The lowest BCUT2D eigenvalue weighted by molar-refractivity contribution is -0.127. The maximum atomic E-state index is 13.4. The number of sulfone groups is 1. The first-order chi connectivity index (χ1) is 12.8. The van der Waals surface area contributed by atoms with Gasteiger partial charge in [0.25, 0.3) is 5.91 Å². The molecule has 10 heteroatoms. The van der Waals surface area contributed by atoms with Gasteiger partial charge in [-0.2, -0.15) is 4.99 Å². The number of hydrogen-bond donors (Lipinski definition) is 0. The molecule has 0 N–H and O–H groups in total. The van der Waals surface area contributed by atoms with E-state index in [1.165, 1.54) is 17.0 Å². The second-order valence-corrected chi connectivity index (χ2v) is 9.44. The molecule has 0 unspecified atom stereocenters. The highest BCUT2D eigenvalue weighted by Gasteiger charge is 2.26. The number of amides is 2. The smallest absolute Gasteiger partial charge is 0.263 e. The van der Waals surface area contributed by atoms with Gasteiger partial charge in [-0.1, -0.05) is 11.3 Å². The van der Waals surface area contributed by atoms with Gasteiger partial charge >= 0.3 is 0 Å². The lowest BCUT2D eigenvalue weighted by Gasteiger charge is -2.14. The second-order valence-electron chi connectivity index (χ2n) is 6.37. The summed E-state index contributed by atoms with van der Waals surface area (Å²) in [5, 5.41) is 0. The molecule has 0 bridgehead atoms. The van der Waals surface area contributed by atoms with Crippen LogP contribution in [-0.4, -0.2) is 54.3 Å². The number of halogens is 1. The van der Waals surface area contributed by atoms with Crippen molar-refractivity contribution in [2.45, 2.75) is 26.3 Å². The van der Waals surface area contributed by atoms with E-state index in [9.17, 15) is 22.4 Å². The number of hydrogen-bond acceptors (Lipinski definition) is 5. The zero-order chi connectivity index (χ0) is 19.6. The van der Waals surface area contributed by atoms with Crippen molar-refractivity contribution in [1.82, 2.24) is 9.47 Å². The van der Waals surface area contributed by atoms with Gasteiger partial charge in [-0.3, -0.25) is 9.59 Å². The van der Waals surface area contributed by atoms with Crippen LogP contribution < -0.4 is 4.80 Å². The molecule has 1 fully saturated rings. The van der Waals surface area contributed by atoms with Gasteiger partial charge in [0.05, 0.1) is 10.2 Å². The Bertz CT molecular complexity index is 1050. The predicted octanol–water partition coefficient (Wildman–Crippen LogP) is 1.33. The van der Waals surface area contributed by atoms with E-state index in [1.54, 1.807) is 10.6 Å². The van der Waals surface area contributed by atoms with Crippen LogP contribution in [0.2, 0.25) is 0 Å². The second kappa shape index (κ2) is 7.89. The Balaban J connectivity index is 1.79. The molecule has 1 aromatic heterocycles. The molecule has 0 atom stereocenters. The predicted molar refractivity (Wildman–Crippen MR) is 100 cm³/mol. The summed E-state index contributed by atoms with van der Waals surface area (Å²) in [6, 6.07) is 4.27. The van der Waals surface area contributed by atoms with E-state index in [4.69, 9.17) is 0 Å². The Kier molecular flexibility index (Phi) is 5.75. The molecular weight excluding hydrogens is 393 g/mol. The van der Waals surface area contributed by atoms with Crippen LogP contribution >= 0.6 is 11.3 Å². The highest BCUT2D eigenvalue weighted by molar-refractivity contribution is 7.92. The van der Waals surface area contributed by atoms with Crippen LogP contribution in [0.25, 0.3) is 10.2 Å². The first-order valence-corrected chi connectivity index (χ1v) is 11.3. The van der Waals surface area contributed by atoms with E-state index in [-0.39, 0.29) is 0 Å². The van der Waals surface area contributed by atoms with Crippen molar-refractivity contribution in [1.29, 1.82) is 0 Å². The van der Waals surface area contributed by atoms with Crippen LogP contribution in [0.5, 0.6) is 0 Å². The zero-order valence-electron chi connectivity index (χ0n) is 14.9. The first kappa shape index (κ1) is 19.7. The molecule has 146 valence electrons. The van der Waals surface area contributed by atoms with E-state index in [0.29, 0.717) is 29.1 Å². The fraction of sp³-hybridized carbons (Fsp3) is 0.471. The average molecular weight is 413 g/mol. The van der Waals surface area contributed by atoms with Crippen LogP contribution in [0.1, 0.15) is 19.8 Å². The average Bonchev–Trinajstić information content (AvgIpc) is 3.20. The van der Waals surface area contributed by atoms with Crippen molar-refractivity contribution in [3.63, 3.8) is 0 Å². The van der Waals surface area contributed by atoms with Gasteiger partial charge in [0.1, 0.15) is 17.3 Å². The van der Waals surface area contributed by atoms with Crippen LogP contribution in [0.15, 0.2) is 23.2 Å². The Labute approximate surface area is 160 Å². The van der Waals surface area contributed by atoms with Crippen molar-refractivity contribution in [3.05, 3.63) is 28.8 Å². The third-order valence-corrected chi connectivity index (χ3v) is 6.74. The molecule has 2 heterocycles. The molecule has 7 nitrogen and oxygen atoms in total. The number of likely N-dealkylation sites (tertiary alicyclic amines) is 1. The summed E-state index contributed by atoms with van der Waals surface area (Å²) >= 11 is 1.12. The fourth-order valence-electron chi connectivity index (χ4n) is 3.06. The number of nitrogens with zero attached hydrogens (tertiary/aromatic N) is 3. The first-order valence-electron chi connectivity index (χ1n) is 8.64. The molecule has 1 aliphatic heterocycles. The minimum atomic E-state index is -3.89. The third kappa shape index (κ3) is 4.62. The van der Waals surface area contributed by atoms with Gasteiger partial charge < -0.3 is 9.47 Å². The summed E-state index contributed by atoms with van der Waals surface area (Å²) in [5.41, 5.74) is 0.725. The number of thiazole rings is 1. The van der Waals surface area contributed by atoms with Crippen LogP contribution in [-0.2, 0) is 26.0 Å². The summed E-state index contributed by atoms with van der Waals surface area (Å²) in [6.45, 7) is 3.46. The largest absolute Gasteiger partial charge is 0.342 e. The zero-order valence-corrected chi connectivity index (χ0v) is 16.5. The SMILES string of the molecule is CCn1c(=NC(=O)CS(=O)(=O)CC(=O)N2CCCC2)sc2cc(F)ccc21. The lowest BCUT2D eigenvalue weighted by atomic mass is 10.3. The van der Waals surface area contributed by atoms with Crippen molar-refractivity contribution < 1.29 is 22.4 Å². The van der Waals surface area contributed by atoms with Crippen LogP contribution in [0, 0.1) is 5.82 Å². The maximum absolute atomic E-state index is 13.4. The Morgan fingerprint density at radius 1 is 1.22 bits per heavy atom. The highest BCUT2D eigenvalue weighted by Crippen LogP contribution is 2.18. The molecule has 3 rings (SSSR count). The summed E-state index contributed by atoms with van der Waals surface area (Å²) in [6.07, 6.45) is 1.73. The number of carbonyl (C=O) groups is 2. The van der Waals surface area contributed by atoms with Crippen LogP contribution in [0.4, 0.5) is 4.39 Å². The summed E-state index contributed by atoms with van der Waals surface area (Å²) in [4.78, 5) is 29.9. The van der Waals surface area contributed by atoms with Crippen molar-refractivity contribution in [2.75, 3.05) is 24.6 Å². The number of fused-ring (bicyclic) bond motifs is 1. The number of aryl methyl sites for hydroxylation is 1. The standard InChI is InChI=1S/C17H20FN3O4S2/c1-2-21-13-6-5-12(18)9-14(13)26-17(21)19-15(22)10-27(24,25)11-16(23)20-7-3-4-8-20/h5-6,9H,2-4,7-8,10-11H2,1H3. The molecule has 27 heavy (non-hydrogen) atoms. The summed E-state index contributed by atoms with van der Waals surface area (Å²) in [5.74, 6) is -3.20. The molecule has 1 aromatic carbocycles. The molecular formula is C17H20FN3O4S2. The number of carbonyl (C=O) groups excluding carboxylic acids is 2. The number of rotatable bonds is 5. The van der Waals surface area contributed by atoms with Crippen molar-refractivity contribution in [3.8, 4) is 0 Å². The summed E-state index contributed by atoms with van der Waals surface area (Å²) < 4.78 is 40.1. The lowest BCUT2D eigenvalue weighted by Crippen LogP contribution is -2.35. The fourth-order valence-corrected chi connectivity index (χ4v) is 5.30. The van der Waals surface area contributed by atoms with Crippen molar-refractivity contribution in [2.24, 2.45) is 4.99 Å². The normalized spacial score (nSPS) is 15.6. The van der Waals surface area contributed by atoms with E-state index in [1.807, 2.05) is 6.92 Å². The quantitative estimate of drug-likeness (QED) is 0.740. The highest BCUT2D eigenvalue weighted by atomic mass is 32.2.